The highest BCUT2D eigenvalue weighted by atomic mass is 32.2. The van der Waals surface area contributed by atoms with Gasteiger partial charge in [0.1, 0.15) is 0 Å². The first-order valence-electron chi connectivity index (χ1n) is 10.9. The van der Waals surface area contributed by atoms with Crippen LogP contribution < -0.4 is 0 Å². The van der Waals surface area contributed by atoms with Crippen LogP contribution >= 0.6 is 11.8 Å². The lowest BCUT2D eigenvalue weighted by Crippen LogP contribution is -2.53. The Hall–Kier alpha value is -1.75. The first-order valence-corrected chi connectivity index (χ1v) is 11.8. The van der Waals surface area contributed by atoms with Crippen molar-refractivity contribution >= 4 is 29.7 Å². The lowest BCUT2D eigenvalue weighted by molar-refractivity contribution is -0.140. The van der Waals surface area contributed by atoms with Crippen LogP contribution in [0.4, 0.5) is 0 Å². The van der Waals surface area contributed by atoms with Crippen LogP contribution in [-0.2, 0) is 9.59 Å². The Kier molecular flexibility index (Phi) is 6.05. The smallest absolute Gasteiger partial charge is 0.260 e. The number of carbonyl (C=O) groups is 2. The first-order chi connectivity index (χ1) is 13.9. The van der Waals surface area contributed by atoms with Gasteiger partial charge in [-0.25, -0.2) is 0 Å². The van der Waals surface area contributed by atoms with Gasteiger partial charge in [-0.1, -0.05) is 36.8 Å². The van der Waals surface area contributed by atoms with Crippen LogP contribution in [0.2, 0.25) is 0 Å². The third-order valence-electron chi connectivity index (χ3n) is 6.85. The number of aryl methyl sites for hydroxylation is 1. The molecule has 3 unspecified atom stereocenters. The molecule has 2 saturated heterocycles. The van der Waals surface area contributed by atoms with E-state index in [1.54, 1.807) is 11.8 Å². The summed E-state index contributed by atoms with van der Waals surface area (Å²) in [6.45, 7) is 6.14. The first kappa shape index (κ1) is 20.5. The molecule has 4 nitrogen and oxygen atoms in total. The molecule has 0 bridgehead atoms. The maximum atomic E-state index is 13.1. The molecule has 1 aromatic rings. The van der Waals surface area contributed by atoms with Gasteiger partial charge >= 0.3 is 0 Å². The Balaban J connectivity index is 1.44. The normalized spacial score (nSPS) is 29.8. The van der Waals surface area contributed by atoms with Crippen molar-refractivity contribution in [2.75, 3.05) is 20.1 Å². The standard InChI is InChI=1S/C24H32N2O2S/c1-16-9-11-26(12-10-16)23(27)19-7-8-21-20(15-19)25(3)24(28)22(29-21)14-18-6-4-5-17(2)13-18/h4-6,13-14,16,19-21H,7-12,15H2,1-3H3/b22-14-. The zero-order chi connectivity index (χ0) is 20.5. The van der Waals surface area contributed by atoms with E-state index in [-0.39, 0.29) is 17.9 Å². The van der Waals surface area contributed by atoms with Gasteiger partial charge in [0.15, 0.2) is 0 Å². The van der Waals surface area contributed by atoms with Crippen LogP contribution in [0.15, 0.2) is 29.2 Å². The number of thioether (sulfide) groups is 1. The van der Waals surface area contributed by atoms with Crippen molar-refractivity contribution in [3.8, 4) is 0 Å². The Morgan fingerprint density at radius 1 is 1.17 bits per heavy atom. The van der Waals surface area contributed by atoms with E-state index in [1.807, 2.05) is 24.1 Å². The van der Waals surface area contributed by atoms with Crippen LogP contribution in [-0.4, -0.2) is 53.0 Å². The minimum absolute atomic E-state index is 0.0720. The third kappa shape index (κ3) is 4.40. The van der Waals surface area contributed by atoms with Crippen LogP contribution in [0.5, 0.6) is 0 Å². The Labute approximate surface area is 178 Å². The molecule has 2 heterocycles. The quantitative estimate of drug-likeness (QED) is 0.679. The van der Waals surface area contributed by atoms with Gasteiger partial charge in [-0.3, -0.25) is 9.59 Å². The van der Waals surface area contributed by atoms with Gasteiger partial charge < -0.3 is 9.80 Å². The summed E-state index contributed by atoms with van der Waals surface area (Å²) in [5.74, 6) is 1.22. The molecule has 3 fully saturated rings. The van der Waals surface area contributed by atoms with E-state index in [2.05, 4.69) is 36.9 Å². The molecular weight excluding hydrogens is 380 g/mol. The molecule has 0 spiro atoms. The van der Waals surface area contributed by atoms with E-state index in [0.29, 0.717) is 11.2 Å². The van der Waals surface area contributed by atoms with Crippen LogP contribution in [0.1, 0.15) is 50.2 Å². The highest BCUT2D eigenvalue weighted by Gasteiger charge is 2.43. The van der Waals surface area contributed by atoms with E-state index in [0.717, 1.165) is 61.6 Å². The third-order valence-corrected chi connectivity index (χ3v) is 8.25. The second kappa shape index (κ2) is 8.55. The molecule has 2 aliphatic heterocycles. The SMILES string of the molecule is Cc1cccc(/C=C2\SC3CCC(C(=O)N4CCC(C)CC4)CC3N(C)C2=O)c1. The minimum atomic E-state index is 0.0720. The molecule has 1 saturated carbocycles. The summed E-state index contributed by atoms with van der Waals surface area (Å²) in [6, 6.07) is 8.43. The molecule has 1 aromatic carbocycles. The molecule has 156 valence electrons. The Bertz CT molecular complexity index is 813. The number of piperidine rings is 1. The Morgan fingerprint density at radius 3 is 2.66 bits per heavy atom. The molecule has 2 amide bonds. The van der Waals surface area contributed by atoms with Gasteiger partial charge in [0, 0.05) is 37.3 Å². The van der Waals surface area contributed by atoms with Crippen molar-refractivity contribution in [3.05, 3.63) is 40.3 Å². The fourth-order valence-electron chi connectivity index (χ4n) is 4.92. The maximum Gasteiger partial charge on any atom is 0.260 e. The largest absolute Gasteiger partial charge is 0.342 e. The minimum Gasteiger partial charge on any atom is -0.342 e. The summed E-state index contributed by atoms with van der Waals surface area (Å²) in [6.07, 6.45) is 7.01. The number of nitrogens with zero attached hydrogens (tertiary/aromatic N) is 2. The van der Waals surface area contributed by atoms with Crippen molar-refractivity contribution < 1.29 is 9.59 Å². The van der Waals surface area contributed by atoms with Gasteiger partial charge in [-0.15, -0.1) is 11.8 Å². The highest BCUT2D eigenvalue weighted by Crippen LogP contribution is 2.43. The zero-order valence-corrected chi connectivity index (χ0v) is 18.6. The maximum absolute atomic E-state index is 13.1. The summed E-state index contributed by atoms with van der Waals surface area (Å²) in [5, 5.41) is 0.388. The van der Waals surface area contributed by atoms with Crippen molar-refractivity contribution in [3.63, 3.8) is 0 Å². The van der Waals surface area contributed by atoms with Crippen molar-refractivity contribution in [2.24, 2.45) is 11.8 Å². The van der Waals surface area contributed by atoms with Crippen molar-refractivity contribution in [1.82, 2.24) is 9.80 Å². The Morgan fingerprint density at radius 2 is 1.93 bits per heavy atom. The lowest BCUT2D eigenvalue weighted by Gasteiger charge is -2.45. The predicted molar refractivity (Wildman–Crippen MR) is 119 cm³/mol. The molecule has 0 N–H and O–H groups in total. The summed E-state index contributed by atoms with van der Waals surface area (Å²) < 4.78 is 0. The second-order valence-electron chi connectivity index (χ2n) is 9.08. The van der Waals surface area contributed by atoms with Gasteiger partial charge in [0.25, 0.3) is 5.91 Å². The van der Waals surface area contributed by atoms with Crippen LogP contribution in [0, 0.1) is 18.8 Å². The zero-order valence-electron chi connectivity index (χ0n) is 17.8. The van der Waals surface area contributed by atoms with E-state index in [9.17, 15) is 9.59 Å². The highest BCUT2D eigenvalue weighted by molar-refractivity contribution is 8.04. The topological polar surface area (TPSA) is 40.6 Å². The summed E-state index contributed by atoms with van der Waals surface area (Å²) >= 11 is 1.72. The monoisotopic (exact) mass is 412 g/mol. The number of likely N-dealkylation sites (tertiary alicyclic amines) is 1. The molecule has 5 heteroatoms. The number of likely N-dealkylation sites (N-methyl/N-ethyl adjacent to an activating group) is 1. The van der Waals surface area contributed by atoms with Gasteiger partial charge in [-0.05, 0) is 56.6 Å². The average Bonchev–Trinajstić information content (AvgIpc) is 2.72. The van der Waals surface area contributed by atoms with E-state index in [4.69, 9.17) is 0 Å². The number of hydrogen-bond acceptors (Lipinski definition) is 3. The average molecular weight is 413 g/mol. The van der Waals surface area contributed by atoms with Gasteiger partial charge in [0.2, 0.25) is 5.91 Å². The molecule has 3 aliphatic rings. The van der Waals surface area contributed by atoms with E-state index in [1.165, 1.54) is 5.56 Å². The lowest BCUT2D eigenvalue weighted by atomic mass is 9.83. The van der Waals surface area contributed by atoms with E-state index >= 15 is 0 Å². The second-order valence-corrected chi connectivity index (χ2v) is 10.4. The molecule has 29 heavy (non-hydrogen) atoms. The summed E-state index contributed by atoms with van der Waals surface area (Å²) in [5.41, 5.74) is 2.28. The molecule has 1 aliphatic carbocycles. The van der Waals surface area contributed by atoms with Crippen LogP contribution in [0.25, 0.3) is 6.08 Å². The summed E-state index contributed by atoms with van der Waals surface area (Å²) in [7, 11) is 1.92. The van der Waals surface area contributed by atoms with Crippen molar-refractivity contribution in [2.45, 2.75) is 57.2 Å². The van der Waals surface area contributed by atoms with E-state index < -0.39 is 0 Å². The fourth-order valence-corrected chi connectivity index (χ4v) is 6.40. The number of benzene rings is 1. The van der Waals surface area contributed by atoms with Gasteiger partial charge in [-0.2, -0.15) is 0 Å². The number of rotatable bonds is 2. The number of carbonyl (C=O) groups excluding carboxylic acids is 2. The van der Waals surface area contributed by atoms with Crippen LogP contribution in [0.3, 0.4) is 0 Å². The summed E-state index contributed by atoms with van der Waals surface area (Å²) in [4.78, 5) is 30.9. The number of amides is 2. The fraction of sp³-hybridized carbons (Fsp3) is 0.583. The molecule has 4 rings (SSSR count). The molecule has 0 aromatic heterocycles. The molecule has 0 radical (unpaired) electrons. The van der Waals surface area contributed by atoms with Crippen molar-refractivity contribution in [1.29, 1.82) is 0 Å². The number of hydrogen-bond donors (Lipinski definition) is 0. The van der Waals surface area contributed by atoms with Gasteiger partial charge in [0.05, 0.1) is 4.91 Å². The molecule has 3 atom stereocenters. The number of fused-ring (bicyclic) bond motifs is 1. The predicted octanol–water partition coefficient (Wildman–Crippen LogP) is 4.34. The molecular formula is C24H32N2O2S.